The van der Waals surface area contributed by atoms with E-state index in [4.69, 9.17) is 0 Å². The molecule has 0 bridgehead atoms. The van der Waals surface area contributed by atoms with Crippen LogP contribution in [0.3, 0.4) is 0 Å². The van der Waals surface area contributed by atoms with Crippen LogP contribution in [0.2, 0.25) is 0 Å². The van der Waals surface area contributed by atoms with Crippen LogP contribution in [0.15, 0.2) is 47.4 Å². The third-order valence-corrected chi connectivity index (χ3v) is 2.42. The first-order valence-electron chi connectivity index (χ1n) is 5.31. The van der Waals surface area contributed by atoms with Crippen LogP contribution in [-0.4, -0.2) is 14.8 Å². The van der Waals surface area contributed by atoms with Crippen LogP contribution < -0.4 is 10.3 Å². The summed E-state index contributed by atoms with van der Waals surface area (Å²) in [4.78, 5) is 11.7. The van der Waals surface area contributed by atoms with Crippen LogP contribution in [-0.2, 0) is 6.54 Å². The summed E-state index contributed by atoms with van der Waals surface area (Å²) in [7, 11) is 0. The van der Waals surface area contributed by atoms with Crippen LogP contribution in [0.4, 0.5) is 8.78 Å². The predicted octanol–water partition coefficient (Wildman–Crippen LogP) is 2.62. The highest BCUT2D eigenvalue weighted by Crippen LogP contribution is 2.25. The minimum atomic E-state index is -3.52. The molecular weight excluding hydrogens is 322 g/mol. The lowest BCUT2D eigenvalue weighted by Gasteiger charge is -2.11. The molecule has 0 aliphatic carbocycles. The maximum Gasteiger partial charge on any atom is 0.459 e. The third-order valence-electron chi connectivity index (χ3n) is 2.25. The van der Waals surface area contributed by atoms with Gasteiger partial charge in [-0.05, 0) is 5.56 Å². The molecule has 0 unspecified atom stereocenters. The molecule has 2 rings (SSSR count). The highest BCUT2D eigenvalue weighted by atomic mass is 79.9. The van der Waals surface area contributed by atoms with Crippen molar-refractivity contribution in [2.75, 3.05) is 0 Å². The number of alkyl halides is 3. The zero-order valence-electron chi connectivity index (χ0n) is 9.59. The normalized spacial score (nSPS) is 11.3. The third kappa shape index (κ3) is 4.13. The van der Waals surface area contributed by atoms with Gasteiger partial charge in [0, 0.05) is 22.0 Å². The number of hydrogen-bond acceptors (Lipinski definition) is 3. The lowest BCUT2D eigenvalue weighted by Crippen LogP contribution is -2.24. The Morgan fingerprint density at radius 2 is 2.00 bits per heavy atom. The molecule has 1 aromatic carbocycles. The molecule has 0 spiro atoms. The molecular formula is C12H9BrF2N2O2. The first-order chi connectivity index (χ1) is 8.94. The molecule has 0 radical (unpaired) electrons. The van der Waals surface area contributed by atoms with Crippen LogP contribution in [0, 0.1) is 0 Å². The van der Waals surface area contributed by atoms with Crippen molar-refractivity contribution in [2.45, 2.75) is 11.6 Å². The monoisotopic (exact) mass is 330 g/mol. The summed E-state index contributed by atoms with van der Waals surface area (Å²) in [5.74, 6) is -0.295. The molecule has 0 saturated carbocycles. The molecule has 19 heavy (non-hydrogen) atoms. The van der Waals surface area contributed by atoms with Crippen molar-refractivity contribution in [3.05, 3.63) is 58.5 Å². The van der Waals surface area contributed by atoms with E-state index in [0.717, 1.165) is 22.5 Å². The summed E-state index contributed by atoms with van der Waals surface area (Å²) in [5, 5.41) is 0.262. The zero-order valence-corrected chi connectivity index (χ0v) is 11.2. The van der Waals surface area contributed by atoms with Gasteiger partial charge in [0.2, 0.25) is 0 Å². The van der Waals surface area contributed by atoms with E-state index in [-0.39, 0.29) is 12.3 Å². The average molecular weight is 331 g/mol. The predicted molar refractivity (Wildman–Crippen MR) is 68.5 cm³/mol. The van der Waals surface area contributed by atoms with E-state index in [1.54, 1.807) is 0 Å². The molecule has 0 fully saturated rings. The average Bonchev–Trinajstić information content (AvgIpc) is 2.32. The smallest absolute Gasteiger partial charge is 0.422 e. The van der Waals surface area contributed by atoms with Gasteiger partial charge >= 0.3 is 5.02 Å². The molecule has 0 amide bonds. The van der Waals surface area contributed by atoms with Gasteiger partial charge in [-0.1, -0.05) is 30.3 Å². The summed E-state index contributed by atoms with van der Waals surface area (Å²) in [6.07, 6.45) is 1.07. The Hall–Kier alpha value is -1.76. The van der Waals surface area contributed by atoms with E-state index < -0.39 is 10.6 Å². The summed E-state index contributed by atoms with van der Waals surface area (Å²) in [6.45, 7) is 0.269. The molecule has 1 heterocycles. The Bertz CT molecular complexity index is 611. The van der Waals surface area contributed by atoms with E-state index in [9.17, 15) is 13.6 Å². The lowest BCUT2D eigenvalue weighted by atomic mass is 10.2. The number of aromatic nitrogens is 2. The van der Waals surface area contributed by atoms with Gasteiger partial charge in [0.15, 0.2) is 5.75 Å². The Balaban J connectivity index is 2.18. The molecule has 1 aromatic heterocycles. The maximum atomic E-state index is 12.5. The molecule has 0 aliphatic rings. The Morgan fingerprint density at radius 3 is 2.58 bits per heavy atom. The minimum absolute atomic E-state index is 0.269. The highest BCUT2D eigenvalue weighted by molar-refractivity contribution is 9.09. The van der Waals surface area contributed by atoms with Crippen LogP contribution in [0.25, 0.3) is 0 Å². The molecule has 0 N–H and O–H groups in total. The Morgan fingerprint density at radius 1 is 1.32 bits per heavy atom. The van der Waals surface area contributed by atoms with Gasteiger partial charge in [0.25, 0.3) is 5.56 Å². The van der Waals surface area contributed by atoms with Gasteiger partial charge < -0.3 is 4.74 Å². The van der Waals surface area contributed by atoms with E-state index in [1.165, 1.54) is 0 Å². The number of benzene rings is 1. The second kappa shape index (κ2) is 5.48. The lowest BCUT2D eigenvalue weighted by molar-refractivity contribution is -0.0807. The molecule has 7 heteroatoms. The van der Waals surface area contributed by atoms with Crippen molar-refractivity contribution in [3.63, 3.8) is 0 Å². The van der Waals surface area contributed by atoms with Crippen molar-refractivity contribution in [3.8, 4) is 5.75 Å². The molecule has 4 nitrogen and oxygen atoms in total. The summed E-state index contributed by atoms with van der Waals surface area (Å²) >= 11 is 2.02. The first kappa shape index (κ1) is 13.7. The summed E-state index contributed by atoms with van der Waals surface area (Å²) < 4.78 is 30.4. The van der Waals surface area contributed by atoms with Crippen LogP contribution in [0.5, 0.6) is 5.75 Å². The van der Waals surface area contributed by atoms with Crippen molar-refractivity contribution >= 4 is 15.9 Å². The van der Waals surface area contributed by atoms with Crippen molar-refractivity contribution < 1.29 is 13.5 Å². The zero-order chi connectivity index (χ0) is 13.9. The maximum absolute atomic E-state index is 12.5. The summed E-state index contributed by atoms with van der Waals surface area (Å²) in [6, 6.07) is 10.2. The largest absolute Gasteiger partial charge is 0.459 e. The van der Waals surface area contributed by atoms with Crippen molar-refractivity contribution in [2.24, 2.45) is 0 Å². The van der Waals surface area contributed by atoms with E-state index >= 15 is 0 Å². The highest BCUT2D eigenvalue weighted by Gasteiger charge is 2.26. The summed E-state index contributed by atoms with van der Waals surface area (Å²) in [5.41, 5.74) is 0.370. The molecule has 0 atom stereocenters. The standard InChI is InChI=1S/C12H9BrF2N2O2/c13-12(14,15)19-10-6-11(18)17(16-7-10)8-9-4-2-1-3-5-9/h1-7H,8H2. The SMILES string of the molecule is O=c1cc(OC(F)(F)Br)cnn1Cc1ccccc1. The van der Waals surface area contributed by atoms with E-state index in [1.807, 2.05) is 46.3 Å². The van der Waals surface area contributed by atoms with Gasteiger partial charge in [-0.15, -0.1) is 0 Å². The van der Waals surface area contributed by atoms with Gasteiger partial charge in [0.05, 0.1) is 12.7 Å². The fourth-order valence-corrected chi connectivity index (χ4v) is 1.67. The number of nitrogens with zero attached hydrogens (tertiary/aromatic N) is 2. The fraction of sp³-hybridized carbons (Fsp3) is 0.167. The van der Waals surface area contributed by atoms with Gasteiger partial charge in [-0.2, -0.15) is 13.9 Å². The van der Waals surface area contributed by atoms with Gasteiger partial charge in [-0.25, -0.2) is 4.68 Å². The van der Waals surface area contributed by atoms with E-state index in [2.05, 4.69) is 9.84 Å². The fourth-order valence-electron chi connectivity index (χ4n) is 1.48. The van der Waals surface area contributed by atoms with E-state index in [0.29, 0.717) is 0 Å². The number of halogens is 3. The van der Waals surface area contributed by atoms with Crippen LogP contribution in [0.1, 0.15) is 5.56 Å². The Kier molecular flexibility index (Phi) is 3.94. The first-order valence-corrected chi connectivity index (χ1v) is 6.10. The molecule has 0 saturated heterocycles. The quantitative estimate of drug-likeness (QED) is 0.809. The number of ether oxygens (including phenoxy) is 1. The van der Waals surface area contributed by atoms with Crippen molar-refractivity contribution in [1.29, 1.82) is 0 Å². The van der Waals surface area contributed by atoms with Crippen LogP contribution >= 0.6 is 15.9 Å². The second-order valence-corrected chi connectivity index (χ2v) is 4.64. The van der Waals surface area contributed by atoms with Gasteiger partial charge in [-0.3, -0.25) is 4.79 Å². The van der Waals surface area contributed by atoms with Crippen molar-refractivity contribution in [1.82, 2.24) is 9.78 Å². The second-order valence-electron chi connectivity index (χ2n) is 3.72. The minimum Gasteiger partial charge on any atom is -0.422 e. The van der Waals surface area contributed by atoms with Gasteiger partial charge in [0.1, 0.15) is 0 Å². The number of rotatable bonds is 4. The number of hydrogen-bond donors (Lipinski definition) is 0. The Labute approximate surface area is 115 Å². The molecule has 0 aliphatic heterocycles. The molecule has 2 aromatic rings. The molecule has 100 valence electrons. The topological polar surface area (TPSA) is 44.1 Å².